The quantitative estimate of drug-likeness (QED) is 0.720. The Labute approximate surface area is 177 Å². The molecule has 2 heterocycles. The predicted octanol–water partition coefficient (Wildman–Crippen LogP) is 4.71. The molecule has 6 heteroatoms. The van der Waals surface area contributed by atoms with Crippen LogP contribution in [0.4, 0.5) is 5.69 Å². The number of primary amides is 1. The number of piperidine rings is 1. The zero-order chi connectivity index (χ0) is 21.7. The van der Waals surface area contributed by atoms with Crippen LogP contribution in [0.5, 0.6) is 0 Å². The molecule has 29 heavy (non-hydrogen) atoms. The molecule has 1 aliphatic carbocycles. The number of carbonyl (C=O) groups excluding carboxylic acids is 1. The Kier molecular flexibility index (Phi) is 5.91. The molecule has 4 atom stereocenters. The molecule has 5 nitrogen and oxygen atoms in total. The Morgan fingerprint density at radius 3 is 2.31 bits per heavy atom. The fraction of sp³-hybridized carbons (Fsp3) is 0.739. The van der Waals surface area contributed by atoms with Crippen molar-refractivity contribution in [1.82, 2.24) is 4.98 Å². The van der Waals surface area contributed by atoms with Crippen molar-refractivity contribution in [2.24, 2.45) is 17.6 Å². The van der Waals surface area contributed by atoms with Crippen molar-refractivity contribution >= 4 is 19.9 Å². The summed E-state index contributed by atoms with van der Waals surface area (Å²) in [6.07, 6.45) is 4.01. The van der Waals surface area contributed by atoms with Crippen LogP contribution in [0.25, 0.3) is 0 Å². The van der Waals surface area contributed by atoms with Crippen LogP contribution in [0, 0.1) is 11.8 Å². The fourth-order valence-corrected chi connectivity index (χ4v) is 6.24. The molecule has 1 aliphatic heterocycles. The van der Waals surface area contributed by atoms with Gasteiger partial charge >= 0.3 is 0 Å². The van der Waals surface area contributed by atoms with E-state index in [1.807, 2.05) is 0 Å². The lowest BCUT2D eigenvalue weighted by molar-refractivity contribution is 0.0626. The zero-order valence-corrected chi connectivity index (χ0v) is 20.5. The molecule has 1 amide bonds. The van der Waals surface area contributed by atoms with Crippen LogP contribution in [0.2, 0.25) is 18.1 Å². The van der Waals surface area contributed by atoms with E-state index in [-0.39, 0.29) is 17.0 Å². The second-order valence-corrected chi connectivity index (χ2v) is 15.6. The molecule has 0 aromatic carbocycles. The molecular formula is C23H39N3O2Si. The van der Waals surface area contributed by atoms with Crippen molar-refractivity contribution in [2.45, 2.75) is 84.5 Å². The highest BCUT2D eigenvalue weighted by Crippen LogP contribution is 2.43. The molecule has 0 spiro atoms. The molecule has 0 radical (unpaired) electrons. The Morgan fingerprint density at radius 1 is 1.21 bits per heavy atom. The summed E-state index contributed by atoms with van der Waals surface area (Å²) in [7, 11) is -1.83. The number of nitrogens with two attached hydrogens (primary N) is 1. The van der Waals surface area contributed by atoms with E-state index in [0.29, 0.717) is 23.3 Å². The van der Waals surface area contributed by atoms with Crippen molar-refractivity contribution in [2.75, 3.05) is 18.0 Å². The van der Waals surface area contributed by atoms with Gasteiger partial charge in [-0.2, -0.15) is 0 Å². The molecule has 1 saturated heterocycles. The van der Waals surface area contributed by atoms with Gasteiger partial charge in [0.05, 0.1) is 17.4 Å². The maximum atomic E-state index is 12.2. The standard InChI is InChI=1S/C23H39N3O2Si/c1-14-9-10-17-19(14)25-11-18(22(24)27)20(17)26-12-15(2)21(16(3)13-26)28-29(7,8)23(4,5)6/h11,14-16,21H,9-10,12-13H2,1-8H3,(H2,24,27)/t14-,15-,16+,21+/m1/s1. The van der Waals surface area contributed by atoms with E-state index in [4.69, 9.17) is 10.2 Å². The van der Waals surface area contributed by atoms with Crippen molar-refractivity contribution in [3.63, 3.8) is 0 Å². The van der Waals surface area contributed by atoms with Crippen LogP contribution in [0.15, 0.2) is 6.20 Å². The van der Waals surface area contributed by atoms with Gasteiger partial charge in [0.1, 0.15) is 0 Å². The first-order valence-electron chi connectivity index (χ1n) is 11.1. The molecule has 162 valence electrons. The number of anilines is 1. The summed E-state index contributed by atoms with van der Waals surface area (Å²) in [4.78, 5) is 19.2. The van der Waals surface area contributed by atoms with Crippen LogP contribution in [0.3, 0.4) is 0 Å². The molecule has 2 N–H and O–H groups in total. The highest BCUT2D eigenvalue weighted by Gasteiger charge is 2.44. The SMILES string of the molecule is C[C@@H]1CCc2c1ncc(C(N)=O)c2N1C[C@@H](C)[C@H](O[Si](C)(C)C(C)(C)C)[C@@H](C)C1. The van der Waals surface area contributed by atoms with E-state index < -0.39 is 8.32 Å². The largest absolute Gasteiger partial charge is 0.413 e. The molecule has 0 saturated carbocycles. The maximum absolute atomic E-state index is 12.2. The average molecular weight is 418 g/mol. The van der Waals surface area contributed by atoms with Gasteiger partial charge in [-0.1, -0.05) is 41.5 Å². The molecule has 3 rings (SSSR count). The van der Waals surface area contributed by atoms with Gasteiger partial charge in [0, 0.05) is 25.0 Å². The summed E-state index contributed by atoms with van der Waals surface area (Å²) in [6, 6.07) is 0. The summed E-state index contributed by atoms with van der Waals surface area (Å²) < 4.78 is 6.85. The van der Waals surface area contributed by atoms with Gasteiger partial charge in [-0.25, -0.2) is 0 Å². The molecule has 1 aromatic rings. The number of rotatable bonds is 4. The molecule has 1 aromatic heterocycles. The minimum Gasteiger partial charge on any atom is -0.413 e. The van der Waals surface area contributed by atoms with Gasteiger partial charge in [-0.15, -0.1) is 0 Å². The first-order valence-corrected chi connectivity index (χ1v) is 14.0. The summed E-state index contributed by atoms with van der Waals surface area (Å²) >= 11 is 0. The second kappa shape index (κ2) is 7.69. The first kappa shape index (κ1) is 22.3. The third-order valence-corrected chi connectivity index (χ3v) is 11.9. The third-order valence-electron chi connectivity index (χ3n) is 7.43. The molecule has 2 aliphatic rings. The predicted molar refractivity (Wildman–Crippen MR) is 122 cm³/mol. The number of nitrogens with zero attached hydrogens (tertiary/aromatic N) is 2. The Balaban J connectivity index is 1.90. The normalized spacial score (nSPS) is 27.8. The topological polar surface area (TPSA) is 68.5 Å². The highest BCUT2D eigenvalue weighted by molar-refractivity contribution is 6.74. The smallest absolute Gasteiger partial charge is 0.252 e. The summed E-state index contributed by atoms with van der Waals surface area (Å²) in [5.41, 5.74) is 9.74. The number of carbonyl (C=O) groups is 1. The van der Waals surface area contributed by atoms with Crippen LogP contribution in [0.1, 0.15) is 75.5 Å². The monoisotopic (exact) mass is 417 g/mol. The number of amides is 1. The number of hydrogen-bond acceptors (Lipinski definition) is 4. The second-order valence-electron chi connectivity index (χ2n) is 10.9. The van der Waals surface area contributed by atoms with E-state index in [1.165, 1.54) is 5.56 Å². The average Bonchev–Trinajstić information content (AvgIpc) is 2.97. The lowest BCUT2D eigenvalue weighted by Gasteiger charge is -2.48. The Hall–Kier alpha value is -1.40. The minimum absolute atomic E-state index is 0.199. The Morgan fingerprint density at radius 2 is 1.79 bits per heavy atom. The van der Waals surface area contributed by atoms with E-state index in [1.54, 1.807) is 6.20 Å². The molecule has 0 unspecified atom stereocenters. The van der Waals surface area contributed by atoms with Gasteiger partial charge in [-0.3, -0.25) is 9.78 Å². The number of fused-ring (bicyclic) bond motifs is 1. The fourth-order valence-electron chi connectivity index (χ4n) is 4.74. The third kappa shape index (κ3) is 4.11. The van der Waals surface area contributed by atoms with Crippen LogP contribution in [-0.2, 0) is 10.8 Å². The lowest BCUT2D eigenvalue weighted by atomic mass is 9.87. The van der Waals surface area contributed by atoms with Gasteiger partial charge in [0.2, 0.25) is 0 Å². The first-order chi connectivity index (χ1) is 13.3. The molecular weight excluding hydrogens is 378 g/mol. The number of aromatic nitrogens is 1. The Bertz CT molecular complexity index is 775. The number of pyridine rings is 1. The van der Waals surface area contributed by atoms with Crippen molar-refractivity contribution in [1.29, 1.82) is 0 Å². The van der Waals surface area contributed by atoms with E-state index >= 15 is 0 Å². The van der Waals surface area contributed by atoms with Crippen molar-refractivity contribution in [3.8, 4) is 0 Å². The van der Waals surface area contributed by atoms with Crippen molar-refractivity contribution < 1.29 is 9.22 Å². The number of hydrogen-bond donors (Lipinski definition) is 1. The van der Waals surface area contributed by atoms with Gasteiger partial charge < -0.3 is 15.1 Å². The maximum Gasteiger partial charge on any atom is 0.252 e. The molecule has 1 fully saturated rings. The van der Waals surface area contributed by atoms with Crippen molar-refractivity contribution in [3.05, 3.63) is 23.0 Å². The van der Waals surface area contributed by atoms with E-state index in [9.17, 15) is 4.79 Å². The van der Waals surface area contributed by atoms with Crippen LogP contribution in [-0.4, -0.2) is 38.4 Å². The summed E-state index contributed by atoms with van der Waals surface area (Å²) in [5, 5.41) is 0.199. The van der Waals surface area contributed by atoms with Gasteiger partial charge in [0.25, 0.3) is 5.91 Å². The zero-order valence-electron chi connectivity index (χ0n) is 19.5. The highest BCUT2D eigenvalue weighted by atomic mass is 28.4. The van der Waals surface area contributed by atoms with Gasteiger partial charge in [-0.05, 0) is 54.3 Å². The van der Waals surface area contributed by atoms with E-state index in [2.05, 4.69) is 64.5 Å². The van der Waals surface area contributed by atoms with Crippen LogP contribution < -0.4 is 10.6 Å². The lowest BCUT2D eigenvalue weighted by Crippen LogP contribution is -2.54. The minimum atomic E-state index is -1.83. The van der Waals surface area contributed by atoms with Gasteiger partial charge in [0.15, 0.2) is 8.32 Å². The summed E-state index contributed by atoms with van der Waals surface area (Å²) in [6.45, 7) is 20.1. The van der Waals surface area contributed by atoms with E-state index in [0.717, 1.165) is 37.3 Å². The molecule has 0 bridgehead atoms. The van der Waals surface area contributed by atoms with Crippen LogP contribution >= 0.6 is 0 Å². The summed E-state index contributed by atoms with van der Waals surface area (Å²) in [5.74, 6) is 0.835.